The molecule has 0 aliphatic rings. The quantitative estimate of drug-likeness (QED) is 0.522. The van der Waals surface area contributed by atoms with Crippen LogP contribution in [0.25, 0.3) is 0 Å². The number of hydrogen-bond donors (Lipinski definition) is 3. The van der Waals surface area contributed by atoms with Gasteiger partial charge in [0.15, 0.2) is 3.95 Å². The number of carboxylic acid groups (broad SMARTS) is 1. The Bertz CT molecular complexity index is 393. The summed E-state index contributed by atoms with van der Waals surface area (Å²) in [6.45, 7) is -0.315. The lowest BCUT2D eigenvalue weighted by molar-refractivity contribution is -0.135. The van der Waals surface area contributed by atoms with E-state index in [2.05, 4.69) is 9.98 Å². The van der Waals surface area contributed by atoms with E-state index in [-0.39, 0.29) is 12.4 Å². The van der Waals surface area contributed by atoms with E-state index >= 15 is 0 Å². The third kappa shape index (κ3) is 2.96. The first-order valence-electron chi connectivity index (χ1n) is 3.23. The number of H-pyrrole nitrogens is 1. The number of aromatic amines is 1. The Morgan fingerprint density at radius 3 is 2.92 bits per heavy atom. The van der Waals surface area contributed by atoms with E-state index in [1.54, 1.807) is 0 Å². The Morgan fingerprint density at radius 2 is 2.46 bits per heavy atom. The summed E-state index contributed by atoms with van der Waals surface area (Å²) in [7, 11) is 0. The Kier molecular flexibility index (Phi) is 3.15. The van der Waals surface area contributed by atoms with E-state index in [1.807, 2.05) is 0 Å². The highest BCUT2D eigenvalue weighted by Crippen LogP contribution is 2.18. The van der Waals surface area contributed by atoms with Crippen molar-refractivity contribution in [1.82, 2.24) is 4.98 Å². The van der Waals surface area contributed by atoms with Crippen LogP contribution >= 0.6 is 23.6 Å². The average molecular weight is 218 g/mol. The van der Waals surface area contributed by atoms with Gasteiger partial charge < -0.3 is 15.2 Å². The number of thiazole rings is 1. The van der Waals surface area contributed by atoms with Crippen LogP contribution in [0.5, 0.6) is 5.88 Å². The zero-order valence-electron chi connectivity index (χ0n) is 6.35. The standard InChI is InChI=1S/C6H6N2O3S2/c9-4(10)2-7-1-3-5(11)8-6(12)13-3/h1,11H,2H2,(H,8,12)(H,9,10). The van der Waals surface area contributed by atoms with Crippen LogP contribution in [0.4, 0.5) is 0 Å². The first kappa shape index (κ1) is 9.87. The van der Waals surface area contributed by atoms with Gasteiger partial charge in [-0.15, -0.1) is 0 Å². The summed E-state index contributed by atoms with van der Waals surface area (Å²) in [5.74, 6) is -1.10. The number of hydrogen-bond acceptors (Lipinski definition) is 5. The summed E-state index contributed by atoms with van der Waals surface area (Å²) in [5.41, 5.74) is 0. The van der Waals surface area contributed by atoms with Gasteiger partial charge in [0.1, 0.15) is 11.4 Å². The number of carboxylic acids is 1. The Morgan fingerprint density at radius 1 is 1.77 bits per heavy atom. The number of aromatic nitrogens is 1. The molecule has 13 heavy (non-hydrogen) atoms. The normalized spacial score (nSPS) is 10.8. The molecule has 0 aliphatic carbocycles. The number of aliphatic carboxylic acids is 1. The molecule has 0 radical (unpaired) electrons. The molecule has 0 amide bonds. The second kappa shape index (κ2) is 4.15. The topological polar surface area (TPSA) is 85.7 Å². The lowest BCUT2D eigenvalue weighted by atomic mass is 10.5. The molecule has 5 nitrogen and oxygen atoms in total. The maximum absolute atomic E-state index is 10.1. The SMILES string of the molecule is O=C(O)CN=Cc1sc(=S)[nH]c1O. The molecule has 7 heteroatoms. The van der Waals surface area contributed by atoms with Crippen molar-refractivity contribution < 1.29 is 15.0 Å². The fourth-order valence-electron chi connectivity index (χ4n) is 0.626. The van der Waals surface area contributed by atoms with E-state index in [1.165, 1.54) is 6.21 Å². The van der Waals surface area contributed by atoms with Crippen LogP contribution < -0.4 is 0 Å². The van der Waals surface area contributed by atoms with Crippen molar-refractivity contribution >= 4 is 35.7 Å². The number of aliphatic imine (C=N–C) groups is 1. The lowest BCUT2D eigenvalue weighted by Gasteiger charge is -1.86. The molecule has 0 spiro atoms. The predicted molar refractivity (Wildman–Crippen MR) is 51.3 cm³/mol. The highest BCUT2D eigenvalue weighted by atomic mass is 32.1. The van der Waals surface area contributed by atoms with Crippen LogP contribution in [0.1, 0.15) is 4.88 Å². The number of nitrogens with one attached hydrogen (secondary N) is 1. The van der Waals surface area contributed by atoms with Crippen LogP contribution in [-0.4, -0.2) is 33.9 Å². The van der Waals surface area contributed by atoms with Gasteiger partial charge in [-0.05, 0) is 12.2 Å². The van der Waals surface area contributed by atoms with Gasteiger partial charge in [0.05, 0.1) is 0 Å². The minimum Gasteiger partial charge on any atom is -0.494 e. The summed E-state index contributed by atoms with van der Waals surface area (Å²) in [5, 5.41) is 17.4. The zero-order valence-corrected chi connectivity index (χ0v) is 7.98. The molecule has 0 fully saturated rings. The minimum atomic E-state index is -1.02. The number of aromatic hydroxyl groups is 1. The van der Waals surface area contributed by atoms with E-state index < -0.39 is 5.97 Å². The molecule has 1 aromatic rings. The highest BCUT2D eigenvalue weighted by Gasteiger charge is 2.01. The fraction of sp³-hybridized carbons (Fsp3) is 0.167. The summed E-state index contributed by atoms with van der Waals surface area (Å²) in [6.07, 6.45) is 1.28. The van der Waals surface area contributed by atoms with Crippen molar-refractivity contribution in [3.63, 3.8) is 0 Å². The molecule has 0 aliphatic heterocycles. The van der Waals surface area contributed by atoms with Crippen molar-refractivity contribution in [1.29, 1.82) is 0 Å². The van der Waals surface area contributed by atoms with Crippen molar-refractivity contribution in [3.8, 4) is 5.88 Å². The summed E-state index contributed by atoms with van der Waals surface area (Å²) < 4.78 is 0.425. The molecular formula is C6H6N2O3S2. The van der Waals surface area contributed by atoms with Gasteiger partial charge in [0.25, 0.3) is 0 Å². The minimum absolute atomic E-state index is 0.0795. The average Bonchev–Trinajstić information content (AvgIpc) is 2.29. The molecule has 0 saturated heterocycles. The van der Waals surface area contributed by atoms with Crippen LogP contribution in [0.15, 0.2) is 4.99 Å². The van der Waals surface area contributed by atoms with Crippen LogP contribution in [0.3, 0.4) is 0 Å². The van der Waals surface area contributed by atoms with Crippen molar-refractivity contribution in [2.75, 3.05) is 6.54 Å². The largest absolute Gasteiger partial charge is 0.494 e. The number of nitrogens with zero attached hydrogens (tertiary/aromatic N) is 1. The van der Waals surface area contributed by atoms with Gasteiger partial charge in [-0.3, -0.25) is 9.79 Å². The van der Waals surface area contributed by atoms with E-state index in [0.29, 0.717) is 8.83 Å². The molecule has 0 bridgehead atoms. The van der Waals surface area contributed by atoms with Crippen LogP contribution in [0, 0.1) is 3.95 Å². The predicted octanol–water partition coefficient (Wildman–Crippen LogP) is 1.01. The maximum atomic E-state index is 10.1. The van der Waals surface area contributed by atoms with Gasteiger partial charge in [0, 0.05) is 6.21 Å². The molecule has 0 unspecified atom stereocenters. The maximum Gasteiger partial charge on any atom is 0.325 e. The monoisotopic (exact) mass is 218 g/mol. The molecule has 3 N–H and O–H groups in total. The van der Waals surface area contributed by atoms with Gasteiger partial charge in [-0.1, -0.05) is 11.3 Å². The molecule has 0 aromatic carbocycles. The Hall–Kier alpha value is -1.21. The van der Waals surface area contributed by atoms with Crippen LogP contribution in [-0.2, 0) is 4.79 Å². The van der Waals surface area contributed by atoms with E-state index in [9.17, 15) is 4.79 Å². The smallest absolute Gasteiger partial charge is 0.325 e. The van der Waals surface area contributed by atoms with Gasteiger partial charge in [0.2, 0.25) is 5.88 Å². The number of rotatable bonds is 3. The second-order valence-corrected chi connectivity index (χ2v) is 3.81. The molecule has 1 heterocycles. The molecule has 0 saturated carbocycles. The molecule has 70 valence electrons. The zero-order chi connectivity index (χ0) is 9.84. The van der Waals surface area contributed by atoms with E-state index in [0.717, 1.165) is 11.3 Å². The first-order chi connectivity index (χ1) is 6.09. The second-order valence-electron chi connectivity index (χ2n) is 2.09. The molecule has 1 rings (SSSR count). The number of carbonyl (C=O) groups is 1. The van der Waals surface area contributed by atoms with Gasteiger partial charge >= 0.3 is 5.97 Å². The highest BCUT2D eigenvalue weighted by molar-refractivity contribution is 7.73. The summed E-state index contributed by atoms with van der Waals surface area (Å²) in [4.78, 5) is 16.6. The molecule has 1 aromatic heterocycles. The van der Waals surface area contributed by atoms with Gasteiger partial charge in [-0.25, -0.2) is 0 Å². The van der Waals surface area contributed by atoms with Crippen molar-refractivity contribution in [2.24, 2.45) is 4.99 Å². The summed E-state index contributed by atoms with van der Waals surface area (Å²) in [6, 6.07) is 0. The first-order valence-corrected chi connectivity index (χ1v) is 4.46. The lowest BCUT2D eigenvalue weighted by Crippen LogP contribution is -1.98. The Labute approximate surface area is 82.4 Å². The van der Waals surface area contributed by atoms with Gasteiger partial charge in [-0.2, -0.15) is 0 Å². The van der Waals surface area contributed by atoms with Crippen molar-refractivity contribution in [3.05, 3.63) is 8.83 Å². The molecule has 0 atom stereocenters. The van der Waals surface area contributed by atoms with Crippen LogP contribution in [0.2, 0.25) is 0 Å². The third-order valence-corrected chi connectivity index (χ3v) is 2.25. The summed E-state index contributed by atoms with van der Waals surface area (Å²) >= 11 is 5.88. The van der Waals surface area contributed by atoms with E-state index in [4.69, 9.17) is 22.4 Å². The molecular weight excluding hydrogens is 212 g/mol. The fourth-order valence-corrected chi connectivity index (χ4v) is 1.61. The van der Waals surface area contributed by atoms with Crippen molar-refractivity contribution in [2.45, 2.75) is 0 Å². The Balaban J connectivity index is 2.74. The third-order valence-electron chi connectivity index (χ3n) is 1.09.